The number of hydrogen-bond acceptors (Lipinski definition) is 2. The molecule has 0 fully saturated rings. The van der Waals surface area contributed by atoms with Crippen molar-refractivity contribution in [1.82, 2.24) is 15.2 Å². The summed E-state index contributed by atoms with van der Waals surface area (Å²) in [6.07, 6.45) is 5.44. The van der Waals surface area contributed by atoms with Crippen LogP contribution in [0, 0.1) is 0 Å². The zero-order valence-electron chi connectivity index (χ0n) is 8.01. The largest absolute Gasteiger partial charge is 0.278 e. The third-order valence-electron chi connectivity index (χ3n) is 2.47. The average Bonchev–Trinajstić information content (AvgIpc) is 2.82. The van der Waals surface area contributed by atoms with Crippen molar-refractivity contribution in [2.75, 3.05) is 0 Å². The van der Waals surface area contributed by atoms with E-state index in [-0.39, 0.29) is 0 Å². The van der Waals surface area contributed by atoms with Gasteiger partial charge >= 0.3 is 0 Å². The highest BCUT2D eigenvalue weighted by atomic mass is 15.1. The van der Waals surface area contributed by atoms with Gasteiger partial charge in [-0.1, -0.05) is 18.2 Å². The lowest BCUT2D eigenvalue weighted by molar-refractivity contribution is 1.10. The molecule has 3 aromatic rings. The minimum absolute atomic E-state index is 1.03. The van der Waals surface area contributed by atoms with E-state index in [1.807, 2.05) is 30.6 Å². The molecule has 1 N–H and O–H groups in total. The van der Waals surface area contributed by atoms with Crippen LogP contribution in [0.15, 0.2) is 48.9 Å². The molecule has 3 heteroatoms. The fourth-order valence-corrected chi connectivity index (χ4v) is 1.76. The van der Waals surface area contributed by atoms with Crippen molar-refractivity contribution in [3.63, 3.8) is 0 Å². The number of benzene rings is 1. The molecule has 15 heavy (non-hydrogen) atoms. The first-order valence-electron chi connectivity index (χ1n) is 4.77. The molecule has 0 bridgehead atoms. The van der Waals surface area contributed by atoms with Gasteiger partial charge < -0.3 is 0 Å². The molecule has 0 aliphatic rings. The van der Waals surface area contributed by atoms with E-state index in [1.165, 1.54) is 5.39 Å². The van der Waals surface area contributed by atoms with Crippen molar-refractivity contribution in [3.8, 4) is 11.3 Å². The zero-order chi connectivity index (χ0) is 10.1. The quantitative estimate of drug-likeness (QED) is 0.648. The van der Waals surface area contributed by atoms with Crippen LogP contribution in [0.4, 0.5) is 0 Å². The molecule has 0 atom stereocenters. The molecule has 0 spiro atoms. The number of fused-ring (bicyclic) bond motifs is 1. The lowest BCUT2D eigenvalue weighted by Gasteiger charge is -2.02. The summed E-state index contributed by atoms with van der Waals surface area (Å²) in [4.78, 5) is 4.11. The molecule has 0 saturated heterocycles. The topological polar surface area (TPSA) is 41.6 Å². The summed E-state index contributed by atoms with van der Waals surface area (Å²) in [6, 6.07) is 10.2. The molecule has 0 radical (unpaired) electrons. The van der Waals surface area contributed by atoms with Crippen LogP contribution in [0.5, 0.6) is 0 Å². The van der Waals surface area contributed by atoms with Gasteiger partial charge in [-0.2, -0.15) is 5.10 Å². The second-order valence-electron chi connectivity index (χ2n) is 3.37. The molecule has 0 aliphatic heterocycles. The molecule has 3 rings (SSSR count). The summed E-state index contributed by atoms with van der Waals surface area (Å²) in [7, 11) is 0. The van der Waals surface area contributed by atoms with E-state index >= 15 is 0 Å². The zero-order valence-corrected chi connectivity index (χ0v) is 8.01. The van der Waals surface area contributed by atoms with Gasteiger partial charge in [0.1, 0.15) is 0 Å². The number of H-pyrrole nitrogens is 1. The highest BCUT2D eigenvalue weighted by molar-refractivity contribution is 5.95. The first-order chi connectivity index (χ1) is 7.45. The first-order valence-corrected chi connectivity index (χ1v) is 4.77. The molecule has 0 saturated carbocycles. The van der Waals surface area contributed by atoms with Crippen LogP contribution in [0.2, 0.25) is 0 Å². The van der Waals surface area contributed by atoms with Gasteiger partial charge in [0.2, 0.25) is 0 Å². The standard InChI is InChI=1S/C12H9N3/c1-2-9-8-13-6-4-10(9)11(3-1)12-5-7-14-15-12/h1-8H,(H,14,15). The minimum atomic E-state index is 1.03. The number of nitrogens with zero attached hydrogens (tertiary/aromatic N) is 2. The Labute approximate surface area is 86.8 Å². The van der Waals surface area contributed by atoms with Gasteiger partial charge in [0.25, 0.3) is 0 Å². The third kappa shape index (κ3) is 1.29. The second-order valence-corrected chi connectivity index (χ2v) is 3.37. The number of aromatic nitrogens is 3. The Morgan fingerprint density at radius 1 is 1.00 bits per heavy atom. The highest BCUT2D eigenvalue weighted by Gasteiger charge is 2.03. The van der Waals surface area contributed by atoms with Crippen molar-refractivity contribution in [1.29, 1.82) is 0 Å². The van der Waals surface area contributed by atoms with E-state index in [0.717, 1.165) is 16.6 Å². The predicted molar refractivity (Wildman–Crippen MR) is 59.3 cm³/mol. The second kappa shape index (κ2) is 3.20. The maximum absolute atomic E-state index is 4.11. The van der Waals surface area contributed by atoms with Crippen molar-refractivity contribution < 1.29 is 0 Å². The van der Waals surface area contributed by atoms with Crippen molar-refractivity contribution in [2.45, 2.75) is 0 Å². The lowest BCUT2D eigenvalue weighted by Crippen LogP contribution is -1.82. The van der Waals surface area contributed by atoms with E-state index < -0.39 is 0 Å². The van der Waals surface area contributed by atoms with E-state index in [4.69, 9.17) is 0 Å². The Hall–Kier alpha value is -2.16. The van der Waals surface area contributed by atoms with Gasteiger partial charge in [-0.05, 0) is 17.5 Å². The van der Waals surface area contributed by atoms with Crippen LogP contribution in [0.1, 0.15) is 0 Å². The van der Waals surface area contributed by atoms with Crippen LogP contribution in [-0.2, 0) is 0 Å². The first kappa shape index (κ1) is 8.17. The molecule has 3 nitrogen and oxygen atoms in total. The normalized spacial score (nSPS) is 10.7. The summed E-state index contributed by atoms with van der Waals surface area (Å²) in [6.45, 7) is 0. The summed E-state index contributed by atoms with van der Waals surface area (Å²) in [5, 5.41) is 9.27. The molecule has 0 amide bonds. The lowest BCUT2D eigenvalue weighted by atomic mass is 10.0. The summed E-state index contributed by atoms with van der Waals surface area (Å²) >= 11 is 0. The van der Waals surface area contributed by atoms with E-state index in [2.05, 4.69) is 27.3 Å². The Bertz CT molecular complexity index is 579. The molecule has 0 aliphatic carbocycles. The van der Waals surface area contributed by atoms with Gasteiger partial charge in [0.15, 0.2) is 0 Å². The Balaban J connectivity index is 2.36. The number of pyridine rings is 1. The maximum atomic E-state index is 4.11. The van der Waals surface area contributed by atoms with Gasteiger partial charge in [-0.3, -0.25) is 10.1 Å². The maximum Gasteiger partial charge on any atom is 0.0656 e. The monoisotopic (exact) mass is 195 g/mol. The van der Waals surface area contributed by atoms with Crippen molar-refractivity contribution >= 4 is 10.8 Å². The Morgan fingerprint density at radius 3 is 2.87 bits per heavy atom. The molecule has 1 aromatic carbocycles. The van der Waals surface area contributed by atoms with E-state index in [9.17, 15) is 0 Å². The third-order valence-corrected chi connectivity index (χ3v) is 2.47. The van der Waals surface area contributed by atoms with Crippen LogP contribution in [0.3, 0.4) is 0 Å². The number of nitrogens with one attached hydrogen (secondary N) is 1. The van der Waals surface area contributed by atoms with Gasteiger partial charge in [-0.15, -0.1) is 0 Å². The minimum Gasteiger partial charge on any atom is -0.278 e. The van der Waals surface area contributed by atoms with Gasteiger partial charge in [0.05, 0.1) is 5.69 Å². The van der Waals surface area contributed by atoms with Crippen LogP contribution in [-0.4, -0.2) is 15.2 Å². The Kier molecular flexibility index (Phi) is 1.75. The fourth-order valence-electron chi connectivity index (χ4n) is 1.76. The number of hydrogen-bond donors (Lipinski definition) is 1. The average molecular weight is 195 g/mol. The SMILES string of the molecule is c1cc(-c2ccn[nH]2)c2ccncc2c1. The summed E-state index contributed by atoms with van der Waals surface area (Å²) in [5.74, 6) is 0. The summed E-state index contributed by atoms with van der Waals surface area (Å²) < 4.78 is 0. The number of aromatic amines is 1. The van der Waals surface area contributed by atoms with Gasteiger partial charge in [-0.25, -0.2) is 0 Å². The molecule has 72 valence electrons. The van der Waals surface area contributed by atoms with E-state index in [0.29, 0.717) is 0 Å². The molecular formula is C12H9N3. The van der Waals surface area contributed by atoms with Crippen LogP contribution in [0.25, 0.3) is 22.0 Å². The predicted octanol–water partition coefficient (Wildman–Crippen LogP) is 2.62. The Morgan fingerprint density at radius 2 is 2.00 bits per heavy atom. The smallest absolute Gasteiger partial charge is 0.0656 e. The summed E-state index contributed by atoms with van der Waals surface area (Å²) in [5.41, 5.74) is 2.19. The van der Waals surface area contributed by atoms with E-state index in [1.54, 1.807) is 6.20 Å². The fraction of sp³-hybridized carbons (Fsp3) is 0. The van der Waals surface area contributed by atoms with Crippen LogP contribution >= 0.6 is 0 Å². The number of rotatable bonds is 1. The molecule has 2 heterocycles. The van der Waals surface area contributed by atoms with Crippen molar-refractivity contribution in [3.05, 3.63) is 48.9 Å². The molecule has 2 aromatic heterocycles. The van der Waals surface area contributed by atoms with Gasteiger partial charge in [0, 0.05) is 29.5 Å². The molecule has 0 unspecified atom stereocenters. The van der Waals surface area contributed by atoms with Crippen molar-refractivity contribution in [2.24, 2.45) is 0 Å². The van der Waals surface area contributed by atoms with Crippen LogP contribution < -0.4 is 0 Å². The molecular weight excluding hydrogens is 186 g/mol. The highest BCUT2D eigenvalue weighted by Crippen LogP contribution is 2.25.